The summed E-state index contributed by atoms with van der Waals surface area (Å²) in [6, 6.07) is 21.1. The third kappa shape index (κ3) is 6.43. The number of carbonyl (C=O) groups excluding carboxylic acids is 1. The molecule has 1 aliphatic rings. The molecular weight excluding hydrogens is 426 g/mol. The van der Waals surface area contributed by atoms with E-state index in [9.17, 15) is 4.79 Å². The molecule has 6 nitrogen and oxygen atoms in total. The van der Waals surface area contributed by atoms with Crippen molar-refractivity contribution >= 4 is 5.91 Å². The zero-order chi connectivity index (χ0) is 23.8. The number of likely N-dealkylation sites (tertiary alicyclic amines) is 1. The minimum atomic E-state index is -0.0386. The number of benzene rings is 2. The molecular formula is C28H33N3O3. The van der Waals surface area contributed by atoms with Crippen LogP contribution >= 0.6 is 0 Å². The molecule has 0 aliphatic carbocycles. The maximum Gasteiger partial charge on any atom is 0.254 e. The molecule has 4 rings (SSSR count). The summed E-state index contributed by atoms with van der Waals surface area (Å²) in [5.74, 6) is 1.82. The van der Waals surface area contributed by atoms with Gasteiger partial charge in [-0.3, -0.25) is 9.78 Å². The van der Waals surface area contributed by atoms with Crippen LogP contribution in [0.4, 0.5) is 0 Å². The Balaban J connectivity index is 1.36. The van der Waals surface area contributed by atoms with Crippen molar-refractivity contribution in [2.45, 2.75) is 25.3 Å². The molecule has 2 aromatic carbocycles. The van der Waals surface area contributed by atoms with Crippen LogP contribution in [0.15, 0.2) is 72.9 Å². The van der Waals surface area contributed by atoms with E-state index in [1.54, 1.807) is 18.1 Å². The topological polar surface area (TPSA) is 54.9 Å². The van der Waals surface area contributed by atoms with Crippen LogP contribution in [0.3, 0.4) is 0 Å². The smallest absolute Gasteiger partial charge is 0.254 e. The van der Waals surface area contributed by atoms with Gasteiger partial charge in [0.1, 0.15) is 11.5 Å². The number of para-hydroxylation sites is 1. The molecule has 3 aromatic rings. The second kappa shape index (κ2) is 11.8. The quantitative estimate of drug-likeness (QED) is 0.452. The Morgan fingerprint density at radius 1 is 1.03 bits per heavy atom. The van der Waals surface area contributed by atoms with Crippen molar-refractivity contribution in [3.05, 3.63) is 89.7 Å². The Morgan fingerprint density at radius 2 is 1.79 bits per heavy atom. The van der Waals surface area contributed by atoms with Gasteiger partial charge < -0.3 is 19.3 Å². The number of hydrogen-bond acceptors (Lipinski definition) is 5. The lowest BCUT2D eigenvalue weighted by atomic mass is 9.92. The first-order valence-electron chi connectivity index (χ1n) is 11.9. The summed E-state index contributed by atoms with van der Waals surface area (Å²) >= 11 is 0. The molecule has 1 saturated heterocycles. The van der Waals surface area contributed by atoms with Crippen molar-refractivity contribution in [3.63, 3.8) is 0 Å². The van der Waals surface area contributed by atoms with Crippen LogP contribution in [0, 0.1) is 0 Å². The fraction of sp³-hybridized carbons (Fsp3) is 0.357. The fourth-order valence-electron chi connectivity index (χ4n) is 4.37. The first-order valence-corrected chi connectivity index (χ1v) is 11.9. The van der Waals surface area contributed by atoms with Crippen LogP contribution in [0.25, 0.3) is 0 Å². The number of nitrogens with zero attached hydrogens (tertiary/aromatic N) is 3. The van der Waals surface area contributed by atoms with Crippen LogP contribution in [0.1, 0.15) is 40.4 Å². The van der Waals surface area contributed by atoms with E-state index in [0.717, 1.165) is 56.1 Å². The van der Waals surface area contributed by atoms with Crippen molar-refractivity contribution in [1.29, 1.82) is 0 Å². The van der Waals surface area contributed by atoms with E-state index in [1.807, 2.05) is 67.8 Å². The average molecular weight is 460 g/mol. The van der Waals surface area contributed by atoms with Gasteiger partial charge in [-0.25, -0.2) is 0 Å². The molecule has 0 N–H and O–H groups in total. The molecule has 1 aromatic heterocycles. The Morgan fingerprint density at radius 3 is 2.56 bits per heavy atom. The number of aromatic nitrogens is 1. The summed E-state index contributed by atoms with van der Waals surface area (Å²) in [5.41, 5.74) is 2.83. The summed E-state index contributed by atoms with van der Waals surface area (Å²) in [5, 5.41) is 0. The van der Waals surface area contributed by atoms with Gasteiger partial charge >= 0.3 is 0 Å². The molecule has 0 bridgehead atoms. The van der Waals surface area contributed by atoms with Crippen LogP contribution in [-0.4, -0.2) is 61.1 Å². The standard InChI is InChI=1S/C28H33N3O3/c1-30(28(32)24-7-6-10-26(20-24)34-25-8-4-3-5-9-25)21-22-11-14-29-27(19-22)23-12-15-31(16-13-23)17-18-33-2/h3-11,14,19-20,23H,12-13,15-18,21H2,1-2H3. The number of methoxy groups -OCH3 is 1. The molecule has 0 radical (unpaired) electrons. The van der Waals surface area contributed by atoms with Crippen LogP contribution < -0.4 is 4.74 Å². The lowest BCUT2D eigenvalue weighted by molar-refractivity contribution is 0.0784. The molecule has 34 heavy (non-hydrogen) atoms. The monoisotopic (exact) mass is 459 g/mol. The lowest BCUT2D eigenvalue weighted by Crippen LogP contribution is -2.35. The summed E-state index contributed by atoms with van der Waals surface area (Å²) in [4.78, 5) is 21.9. The van der Waals surface area contributed by atoms with Crippen molar-refractivity contribution in [1.82, 2.24) is 14.8 Å². The van der Waals surface area contributed by atoms with Crippen molar-refractivity contribution in [2.75, 3.05) is 40.4 Å². The first-order chi connectivity index (χ1) is 16.6. The minimum Gasteiger partial charge on any atom is -0.457 e. The summed E-state index contributed by atoms with van der Waals surface area (Å²) in [6.07, 6.45) is 4.07. The van der Waals surface area contributed by atoms with Gasteiger partial charge in [-0.2, -0.15) is 0 Å². The van der Waals surface area contributed by atoms with E-state index in [4.69, 9.17) is 9.47 Å². The van der Waals surface area contributed by atoms with Gasteiger partial charge in [-0.05, 0) is 74.0 Å². The molecule has 6 heteroatoms. The highest BCUT2D eigenvalue weighted by Gasteiger charge is 2.22. The van der Waals surface area contributed by atoms with Crippen LogP contribution in [-0.2, 0) is 11.3 Å². The number of rotatable bonds is 9. The van der Waals surface area contributed by atoms with Gasteiger partial charge in [0.15, 0.2) is 0 Å². The van der Waals surface area contributed by atoms with E-state index in [1.165, 1.54) is 0 Å². The maximum atomic E-state index is 13.1. The molecule has 0 atom stereocenters. The average Bonchev–Trinajstić information content (AvgIpc) is 2.88. The van der Waals surface area contributed by atoms with Crippen LogP contribution in [0.2, 0.25) is 0 Å². The Kier molecular flexibility index (Phi) is 8.28. The number of amides is 1. The fourth-order valence-corrected chi connectivity index (χ4v) is 4.37. The van der Waals surface area contributed by atoms with Crippen molar-refractivity contribution in [3.8, 4) is 11.5 Å². The van der Waals surface area contributed by atoms with Crippen LogP contribution in [0.5, 0.6) is 11.5 Å². The predicted octanol–water partition coefficient (Wildman–Crippen LogP) is 4.97. The highest BCUT2D eigenvalue weighted by Crippen LogP contribution is 2.27. The lowest BCUT2D eigenvalue weighted by Gasteiger charge is -2.31. The summed E-state index contributed by atoms with van der Waals surface area (Å²) in [6.45, 7) is 4.44. The van der Waals surface area contributed by atoms with E-state index in [-0.39, 0.29) is 5.91 Å². The van der Waals surface area contributed by atoms with Gasteiger partial charge in [0.25, 0.3) is 5.91 Å². The predicted molar refractivity (Wildman–Crippen MR) is 133 cm³/mol. The molecule has 0 saturated carbocycles. The zero-order valence-corrected chi connectivity index (χ0v) is 20.0. The number of carbonyl (C=O) groups is 1. The SMILES string of the molecule is COCCN1CCC(c2cc(CN(C)C(=O)c3cccc(Oc4ccccc4)c3)ccn2)CC1. The Hall–Kier alpha value is -3.22. The molecule has 1 fully saturated rings. The van der Waals surface area contributed by atoms with Gasteiger partial charge in [0.2, 0.25) is 0 Å². The third-order valence-electron chi connectivity index (χ3n) is 6.29. The molecule has 0 unspecified atom stereocenters. The summed E-state index contributed by atoms with van der Waals surface area (Å²) < 4.78 is 11.1. The highest BCUT2D eigenvalue weighted by atomic mass is 16.5. The third-order valence-corrected chi connectivity index (χ3v) is 6.29. The summed E-state index contributed by atoms with van der Waals surface area (Å²) in [7, 11) is 3.58. The molecule has 2 heterocycles. The zero-order valence-electron chi connectivity index (χ0n) is 20.0. The molecule has 178 valence electrons. The van der Waals surface area contributed by atoms with E-state index in [0.29, 0.717) is 23.8 Å². The number of ether oxygens (including phenoxy) is 2. The second-order valence-corrected chi connectivity index (χ2v) is 8.80. The molecule has 1 amide bonds. The molecule has 0 spiro atoms. The molecule has 1 aliphatic heterocycles. The van der Waals surface area contributed by atoms with Crippen molar-refractivity contribution < 1.29 is 14.3 Å². The van der Waals surface area contributed by atoms with Gasteiger partial charge in [0, 0.05) is 50.6 Å². The Labute approximate surface area is 202 Å². The van der Waals surface area contributed by atoms with E-state index >= 15 is 0 Å². The highest BCUT2D eigenvalue weighted by molar-refractivity contribution is 5.94. The Bertz CT molecular complexity index is 1070. The van der Waals surface area contributed by atoms with Gasteiger partial charge in [0.05, 0.1) is 6.61 Å². The van der Waals surface area contributed by atoms with Crippen molar-refractivity contribution in [2.24, 2.45) is 0 Å². The maximum absolute atomic E-state index is 13.1. The van der Waals surface area contributed by atoms with Gasteiger partial charge in [-0.1, -0.05) is 24.3 Å². The first kappa shape index (κ1) is 23.9. The number of piperidine rings is 1. The van der Waals surface area contributed by atoms with Gasteiger partial charge in [-0.15, -0.1) is 0 Å². The van der Waals surface area contributed by atoms with E-state index < -0.39 is 0 Å². The number of pyridine rings is 1. The second-order valence-electron chi connectivity index (χ2n) is 8.80. The minimum absolute atomic E-state index is 0.0386. The van der Waals surface area contributed by atoms with E-state index in [2.05, 4.69) is 16.0 Å². The normalized spacial score (nSPS) is 14.6. The largest absolute Gasteiger partial charge is 0.457 e. The number of hydrogen-bond donors (Lipinski definition) is 0.